The number of nitrogens with zero attached hydrogens (tertiary/aromatic N) is 1. The minimum absolute atomic E-state index is 0.0811. The molecule has 32 heavy (non-hydrogen) atoms. The molecule has 3 aromatic rings. The molecule has 0 aliphatic rings. The monoisotopic (exact) mass is 461 g/mol. The molecule has 2 N–H and O–H groups in total. The van der Waals surface area contributed by atoms with E-state index in [0.29, 0.717) is 5.56 Å². The molecule has 1 aromatic heterocycles. The number of pyridine rings is 1. The SMILES string of the molecule is CC(C)(C)c1ccc2cc(C(=O)NCCc3cc(F)c(NS(C)(=O)=O)c(F)c3)ccc2n1. The summed E-state index contributed by atoms with van der Waals surface area (Å²) >= 11 is 0. The van der Waals surface area contributed by atoms with Crippen molar-refractivity contribution in [3.8, 4) is 0 Å². The summed E-state index contributed by atoms with van der Waals surface area (Å²) in [7, 11) is -3.81. The van der Waals surface area contributed by atoms with Gasteiger partial charge in [-0.3, -0.25) is 14.5 Å². The second-order valence-electron chi connectivity index (χ2n) is 8.67. The number of nitrogens with one attached hydrogen (secondary N) is 2. The van der Waals surface area contributed by atoms with Crippen LogP contribution in [0.1, 0.15) is 42.4 Å². The molecule has 0 fully saturated rings. The number of benzene rings is 2. The maximum absolute atomic E-state index is 14.1. The summed E-state index contributed by atoms with van der Waals surface area (Å²) in [5.41, 5.74) is 1.69. The fourth-order valence-electron chi connectivity index (χ4n) is 3.16. The molecule has 0 unspecified atom stereocenters. The van der Waals surface area contributed by atoms with Gasteiger partial charge in [0.05, 0.1) is 11.8 Å². The zero-order chi connectivity index (χ0) is 23.7. The summed E-state index contributed by atoms with van der Waals surface area (Å²) < 4.78 is 52.4. The molecule has 0 aliphatic carbocycles. The summed E-state index contributed by atoms with van der Waals surface area (Å²) in [4.78, 5) is 17.1. The highest BCUT2D eigenvalue weighted by Gasteiger charge is 2.17. The van der Waals surface area contributed by atoms with E-state index in [0.717, 1.165) is 35.0 Å². The van der Waals surface area contributed by atoms with Crippen molar-refractivity contribution < 1.29 is 22.0 Å². The van der Waals surface area contributed by atoms with E-state index in [9.17, 15) is 22.0 Å². The molecule has 0 spiro atoms. The summed E-state index contributed by atoms with van der Waals surface area (Å²) in [5, 5.41) is 3.56. The quantitative estimate of drug-likeness (QED) is 0.577. The van der Waals surface area contributed by atoms with Gasteiger partial charge in [-0.05, 0) is 48.4 Å². The summed E-state index contributed by atoms with van der Waals surface area (Å²) in [6, 6.07) is 11.2. The van der Waals surface area contributed by atoms with Crippen LogP contribution in [0.3, 0.4) is 0 Å². The van der Waals surface area contributed by atoms with Crippen LogP contribution in [0.2, 0.25) is 0 Å². The first kappa shape index (κ1) is 23.6. The van der Waals surface area contributed by atoms with E-state index in [2.05, 4.69) is 31.1 Å². The Kier molecular flexibility index (Phi) is 6.50. The van der Waals surface area contributed by atoms with E-state index < -0.39 is 27.3 Å². The fraction of sp³-hybridized carbons (Fsp3) is 0.304. The van der Waals surface area contributed by atoms with Crippen LogP contribution in [-0.4, -0.2) is 32.1 Å². The summed E-state index contributed by atoms with van der Waals surface area (Å²) in [6.45, 7) is 6.39. The Hall–Kier alpha value is -3.07. The van der Waals surface area contributed by atoms with E-state index in [1.165, 1.54) is 0 Å². The average molecular weight is 462 g/mol. The molecule has 2 aromatic carbocycles. The lowest BCUT2D eigenvalue weighted by Gasteiger charge is -2.18. The normalized spacial score (nSPS) is 12.1. The van der Waals surface area contributed by atoms with Crippen molar-refractivity contribution in [1.82, 2.24) is 10.3 Å². The van der Waals surface area contributed by atoms with Gasteiger partial charge in [-0.15, -0.1) is 0 Å². The first-order valence-corrected chi connectivity index (χ1v) is 11.9. The Labute approximate surface area is 186 Å². The molecule has 0 radical (unpaired) electrons. The van der Waals surface area contributed by atoms with Gasteiger partial charge in [-0.2, -0.15) is 0 Å². The lowest BCUT2D eigenvalue weighted by molar-refractivity contribution is 0.0954. The van der Waals surface area contributed by atoms with Crippen molar-refractivity contribution in [2.45, 2.75) is 32.6 Å². The van der Waals surface area contributed by atoms with Gasteiger partial charge >= 0.3 is 0 Å². The number of hydrogen-bond acceptors (Lipinski definition) is 4. The van der Waals surface area contributed by atoms with Crippen molar-refractivity contribution in [2.24, 2.45) is 0 Å². The number of rotatable bonds is 6. The lowest BCUT2D eigenvalue weighted by atomic mass is 9.91. The van der Waals surface area contributed by atoms with Crippen LogP contribution in [0.4, 0.5) is 14.5 Å². The first-order chi connectivity index (χ1) is 14.8. The Morgan fingerprint density at radius 3 is 2.28 bits per heavy atom. The Morgan fingerprint density at radius 1 is 1.03 bits per heavy atom. The Morgan fingerprint density at radius 2 is 1.69 bits per heavy atom. The molecule has 170 valence electrons. The van der Waals surface area contributed by atoms with Crippen molar-refractivity contribution in [2.75, 3.05) is 17.5 Å². The van der Waals surface area contributed by atoms with Crippen LogP contribution < -0.4 is 10.0 Å². The zero-order valence-electron chi connectivity index (χ0n) is 18.3. The molecule has 0 bridgehead atoms. The predicted molar refractivity (Wildman–Crippen MR) is 121 cm³/mol. The van der Waals surface area contributed by atoms with Crippen molar-refractivity contribution in [1.29, 1.82) is 0 Å². The number of carbonyl (C=O) groups excluding carboxylic acids is 1. The highest BCUT2D eigenvalue weighted by molar-refractivity contribution is 7.92. The highest BCUT2D eigenvalue weighted by atomic mass is 32.2. The molecule has 1 amide bonds. The molecular weight excluding hydrogens is 436 g/mol. The molecule has 0 saturated carbocycles. The summed E-state index contributed by atoms with van der Waals surface area (Å²) in [5.74, 6) is -2.36. The third-order valence-corrected chi connectivity index (χ3v) is 5.38. The van der Waals surface area contributed by atoms with Gasteiger partial charge in [0, 0.05) is 28.6 Å². The van der Waals surface area contributed by atoms with Gasteiger partial charge in [0.2, 0.25) is 10.0 Å². The Balaban J connectivity index is 1.66. The maximum Gasteiger partial charge on any atom is 0.251 e. The van der Waals surface area contributed by atoms with Crippen molar-refractivity contribution in [3.63, 3.8) is 0 Å². The lowest BCUT2D eigenvalue weighted by Crippen LogP contribution is -2.25. The number of fused-ring (bicyclic) bond motifs is 1. The molecule has 1 heterocycles. The largest absolute Gasteiger partial charge is 0.352 e. The number of halogens is 2. The molecule has 0 atom stereocenters. The Bertz CT molecular complexity index is 1260. The van der Waals surface area contributed by atoms with Crippen LogP contribution in [0.15, 0.2) is 42.5 Å². The van der Waals surface area contributed by atoms with Crippen molar-refractivity contribution in [3.05, 3.63) is 70.9 Å². The first-order valence-electron chi connectivity index (χ1n) is 9.99. The molecule has 6 nitrogen and oxygen atoms in total. The van der Waals surface area contributed by atoms with Gasteiger partial charge in [0.1, 0.15) is 5.69 Å². The molecular formula is C23H25F2N3O3S. The van der Waals surface area contributed by atoms with Crippen LogP contribution in [0.25, 0.3) is 10.9 Å². The van der Waals surface area contributed by atoms with Gasteiger partial charge in [-0.1, -0.05) is 26.8 Å². The number of carbonyl (C=O) groups is 1. The van der Waals surface area contributed by atoms with E-state index in [-0.39, 0.29) is 29.9 Å². The minimum Gasteiger partial charge on any atom is -0.352 e. The standard InChI is InChI=1S/C23H25F2N3O3S/c1-23(2,3)20-8-6-15-13-16(5-7-19(15)27-20)22(29)26-10-9-14-11-17(24)21(18(25)12-14)28-32(4,30)31/h5-8,11-13,28H,9-10H2,1-4H3,(H,26,29). The second kappa shape index (κ2) is 8.82. The second-order valence-corrected chi connectivity index (χ2v) is 10.4. The smallest absolute Gasteiger partial charge is 0.251 e. The van der Waals surface area contributed by atoms with Crippen molar-refractivity contribution >= 4 is 32.5 Å². The third-order valence-electron chi connectivity index (χ3n) is 4.81. The molecule has 9 heteroatoms. The fourth-order valence-corrected chi connectivity index (χ4v) is 3.73. The topological polar surface area (TPSA) is 88.2 Å². The van der Waals surface area contributed by atoms with Crippen LogP contribution in [-0.2, 0) is 21.9 Å². The van der Waals surface area contributed by atoms with Crippen LogP contribution >= 0.6 is 0 Å². The van der Waals surface area contributed by atoms with E-state index in [1.54, 1.807) is 18.2 Å². The predicted octanol–water partition coefficient (Wildman–Crippen LogP) is 4.15. The number of anilines is 1. The van der Waals surface area contributed by atoms with E-state index >= 15 is 0 Å². The number of sulfonamides is 1. The molecule has 0 saturated heterocycles. The maximum atomic E-state index is 14.1. The summed E-state index contributed by atoms with van der Waals surface area (Å²) in [6.07, 6.45) is 0.977. The van der Waals surface area contributed by atoms with Gasteiger partial charge in [0.25, 0.3) is 5.91 Å². The van der Waals surface area contributed by atoms with Gasteiger partial charge in [0.15, 0.2) is 11.6 Å². The molecule has 3 rings (SSSR count). The highest BCUT2D eigenvalue weighted by Crippen LogP contribution is 2.24. The van der Waals surface area contributed by atoms with E-state index in [1.807, 2.05) is 16.9 Å². The van der Waals surface area contributed by atoms with Gasteiger partial charge in [-0.25, -0.2) is 17.2 Å². The van der Waals surface area contributed by atoms with Gasteiger partial charge < -0.3 is 5.32 Å². The van der Waals surface area contributed by atoms with E-state index in [4.69, 9.17) is 0 Å². The number of aromatic nitrogens is 1. The van der Waals surface area contributed by atoms with Crippen LogP contribution in [0, 0.1) is 11.6 Å². The minimum atomic E-state index is -3.81. The number of hydrogen-bond donors (Lipinski definition) is 2. The molecule has 0 aliphatic heterocycles. The van der Waals surface area contributed by atoms with Crippen LogP contribution in [0.5, 0.6) is 0 Å². The third kappa shape index (κ3) is 5.79. The average Bonchev–Trinajstić information content (AvgIpc) is 2.68. The number of amides is 1. The zero-order valence-corrected chi connectivity index (χ0v) is 19.1.